The number of aromatic nitrogens is 2. The molecule has 5 nitrogen and oxygen atoms in total. The first-order valence-corrected chi connectivity index (χ1v) is 15.3. The number of benzene rings is 1. The largest absolute Gasteiger partial charge is 0.338 e. The molecule has 3 heterocycles. The fourth-order valence-corrected chi connectivity index (χ4v) is 7.37. The van der Waals surface area contributed by atoms with E-state index in [0.717, 1.165) is 38.2 Å². The number of halogens is 1. The summed E-state index contributed by atoms with van der Waals surface area (Å²) in [5.74, 6) is 1.36. The summed E-state index contributed by atoms with van der Waals surface area (Å²) in [4.78, 5) is 19.0. The molecule has 35 heavy (non-hydrogen) atoms. The number of anilines is 2. The minimum absolute atomic E-state index is 0.000113. The molecule has 1 saturated carbocycles. The van der Waals surface area contributed by atoms with E-state index in [1.54, 1.807) is 11.8 Å². The first kappa shape index (κ1) is 25.2. The molecule has 1 aliphatic carbocycles. The van der Waals surface area contributed by atoms with E-state index in [9.17, 15) is 4.79 Å². The Morgan fingerprint density at radius 2 is 1.89 bits per heavy atom. The number of nitrogens with zero attached hydrogens (tertiary/aromatic N) is 4. The van der Waals surface area contributed by atoms with Gasteiger partial charge in [0.1, 0.15) is 0 Å². The van der Waals surface area contributed by atoms with E-state index >= 15 is 0 Å². The molecule has 0 radical (unpaired) electrons. The van der Waals surface area contributed by atoms with E-state index in [2.05, 4.69) is 69.6 Å². The number of carbonyl (C=O) groups is 1. The van der Waals surface area contributed by atoms with Gasteiger partial charge in [0.2, 0.25) is 5.91 Å². The molecule has 2 aliphatic heterocycles. The van der Waals surface area contributed by atoms with Gasteiger partial charge in [0.25, 0.3) is 0 Å². The van der Waals surface area contributed by atoms with Gasteiger partial charge in [-0.15, -0.1) is 11.8 Å². The summed E-state index contributed by atoms with van der Waals surface area (Å²) in [6, 6.07) is 5.14. The van der Waals surface area contributed by atoms with Crippen LogP contribution >= 0.6 is 27.7 Å². The van der Waals surface area contributed by atoms with E-state index in [1.165, 1.54) is 64.0 Å². The summed E-state index contributed by atoms with van der Waals surface area (Å²) in [5, 5.41) is 5.37. The lowest BCUT2D eigenvalue weighted by Gasteiger charge is -2.34. The Hall–Kier alpha value is -1.47. The number of aryl methyl sites for hydroxylation is 1. The normalized spacial score (nSPS) is 19.0. The number of hydrogen-bond donors (Lipinski definition) is 0. The van der Waals surface area contributed by atoms with Crippen molar-refractivity contribution in [1.29, 1.82) is 0 Å². The van der Waals surface area contributed by atoms with Gasteiger partial charge in [-0.25, -0.2) is 0 Å². The van der Waals surface area contributed by atoms with E-state index in [4.69, 9.17) is 5.10 Å². The Labute approximate surface area is 223 Å². The van der Waals surface area contributed by atoms with Crippen molar-refractivity contribution in [2.45, 2.75) is 96.0 Å². The minimum atomic E-state index is -0.000113. The molecular formula is C28H39BrN4OS. The van der Waals surface area contributed by atoms with Crippen LogP contribution in [0.5, 0.6) is 0 Å². The van der Waals surface area contributed by atoms with Gasteiger partial charge >= 0.3 is 0 Å². The Morgan fingerprint density at radius 3 is 2.60 bits per heavy atom. The lowest BCUT2D eigenvalue weighted by molar-refractivity contribution is -0.134. The second-order valence-electron chi connectivity index (χ2n) is 11.7. The van der Waals surface area contributed by atoms with Gasteiger partial charge in [-0.1, -0.05) is 40.0 Å². The first-order chi connectivity index (χ1) is 16.7. The van der Waals surface area contributed by atoms with Crippen molar-refractivity contribution >= 4 is 45.1 Å². The first-order valence-electron chi connectivity index (χ1n) is 13.3. The van der Waals surface area contributed by atoms with Crippen LogP contribution in [0, 0.1) is 5.41 Å². The van der Waals surface area contributed by atoms with Crippen molar-refractivity contribution in [3.63, 3.8) is 0 Å². The predicted octanol–water partition coefficient (Wildman–Crippen LogP) is 7.28. The molecule has 1 aromatic carbocycles. The molecule has 0 saturated heterocycles. The van der Waals surface area contributed by atoms with Crippen LogP contribution in [0.25, 0.3) is 0 Å². The highest BCUT2D eigenvalue weighted by Crippen LogP contribution is 2.43. The van der Waals surface area contributed by atoms with E-state index < -0.39 is 0 Å². The third-order valence-corrected chi connectivity index (χ3v) is 9.44. The third kappa shape index (κ3) is 5.18. The molecule has 190 valence electrons. The van der Waals surface area contributed by atoms with Crippen LogP contribution in [0.15, 0.2) is 21.5 Å². The quantitative estimate of drug-likeness (QED) is 0.369. The number of amides is 1. The number of hydrogen-bond acceptors (Lipinski definition) is 4. The molecular weight excluding hydrogens is 520 g/mol. The maximum Gasteiger partial charge on any atom is 0.223 e. The van der Waals surface area contributed by atoms with Crippen molar-refractivity contribution in [2.75, 3.05) is 24.2 Å². The highest BCUT2D eigenvalue weighted by molar-refractivity contribution is 9.10. The van der Waals surface area contributed by atoms with Crippen LogP contribution in [0.4, 0.5) is 11.5 Å². The van der Waals surface area contributed by atoms with E-state index in [0.29, 0.717) is 19.0 Å². The van der Waals surface area contributed by atoms with Gasteiger partial charge in [-0.3, -0.25) is 9.48 Å². The molecule has 7 heteroatoms. The lowest BCUT2D eigenvalue weighted by atomic mass is 9.91. The zero-order chi connectivity index (χ0) is 24.7. The monoisotopic (exact) mass is 558 g/mol. The SMILES string of the molecule is CSc1cc2c(cc1Br)CCCN2c1nn(C2CCCCC2)c2c1CN(C(=O)CC(C)(C)C)CC2. The summed E-state index contributed by atoms with van der Waals surface area (Å²) in [6.45, 7) is 8.92. The van der Waals surface area contributed by atoms with Crippen LogP contribution in [0.2, 0.25) is 0 Å². The third-order valence-electron chi connectivity index (χ3n) is 7.75. The molecule has 0 N–H and O–H groups in total. The topological polar surface area (TPSA) is 41.4 Å². The highest BCUT2D eigenvalue weighted by Gasteiger charge is 2.34. The molecule has 2 aromatic rings. The zero-order valence-electron chi connectivity index (χ0n) is 21.7. The van der Waals surface area contributed by atoms with Crippen molar-refractivity contribution in [3.8, 4) is 0 Å². The number of fused-ring (bicyclic) bond motifs is 2. The summed E-state index contributed by atoms with van der Waals surface area (Å²) in [6.07, 6.45) is 12.2. The minimum Gasteiger partial charge on any atom is -0.338 e. The standard InChI is InChI=1S/C28H39BrN4OS/c1-28(2,3)17-26(34)31-14-12-23-21(18-31)27(30-33(23)20-10-6-5-7-11-20)32-13-8-9-19-15-22(29)25(35-4)16-24(19)32/h15-16,20H,5-14,17-18H2,1-4H3. The molecule has 0 bridgehead atoms. The van der Waals surface area contributed by atoms with Crippen LogP contribution in [-0.2, 0) is 24.2 Å². The van der Waals surface area contributed by atoms with Crippen LogP contribution < -0.4 is 4.90 Å². The Bertz CT molecular complexity index is 1100. The molecule has 0 unspecified atom stereocenters. The van der Waals surface area contributed by atoms with Gasteiger partial charge in [0.05, 0.1) is 12.6 Å². The summed E-state index contributed by atoms with van der Waals surface area (Å²) in [5.41, 5.74) is 5.34. The molecule has 0 atom stereocenters. The average Bonchev–Trinajstić information content (AvgIpc) is 3.21. The maximum absolute atomic E-state index is 13.2. The summed E-state index contributed by atoms with van der Waals surface area (Å²) >= 11 is 5.55. The van der Waals surface area contributed by atoms with Crippen molar-refractivity contribution in [1.82, 2.24) is 14.7 Å². The van der Waals surface area contributed by atoms with Crippen LogP contribution in [0.3, 0.4) is 0 Å². The molecule has 1 fully saturated rings. The van der Waals surface area contributed by atoms with E-state index in [-0.39, 0.29) is 11.3 Å². The van der Waals surface area contributed by atoms with E-state index in [1.807, 2.05) is 0 Å². The van der Waals surface area contributed by atoms with Gasteiger partial charge in [0.15, 0.2) is 5.82 Å². The van der Waals surface area contributed by atoms with Gasteiger partial charge in [0, 0.05) is 52.2 Å². The lowest BCUT2D eigenvalue weighted by Crippen LogP contribution is -2.38. The number of carbonyl (C=O) groups excluding carboxylic acids is 1. The zero-order valence-corrected chi connectivity index (χ0v) is 24.1. The Balaban J connectivity index is 1.56. The molecule has 5 rings (SSSR count). The summed E-state index contributed by atoms with van der Waals surface area (Å²) < 4.78 is 3.57. The summed E-state index contributed by atoms with van der Waals surface area (Å²) in [7, 11) is 0. The Kier molecular flexibility index (Phi) is 7.28. The predicted molar refractivity (Wildman–Crippen MR) is 149 cm³/mol. The Morgan fingerprint density at radius 1 is 1.11 bits per heavy atom. The fraction of sp³-hybridized carbons (Fsp3) is 0.643. The number of rotatable bonds is 4. The van der Waals surface area contributed by atoms with Crippen LogP contribution in [-0.4, -0.2) is 39.9 Å². The average molecular weight is 560 g/mol. The smallest absolute Gasteiger partial charge is 0.223 e. The second-order valence-corrected chi connectivity index (χ2v) is 13.4. The molecule has 1 aromatic heterocycles. The van der Waals surface area contributed by atoms with Gasteiger partial charge in [-0.2, -0.15) is 5.10 Å². The van der Waals surface area contributed by atoms with Crippen molar-refractivity contribution in [3.05, 3.63) is 33.4 Å². The van der Waals surface area contributed by atoms with Crippen molar-refractivity contribution in [2.24, 2.45) is 5.41 Å². The van der Waals surface area contributed by atoms with Gasteiger partial charge in [-0.05, 0) is 71.0 Å². The molecule has 1 amide bonds. The molecule has 3 aliphatic rings. The fourth-order valence-electron chi connectivity index (χ4n) is 6.01. The number of thioether (sulfide) groups is 1. The van der Waals surface area contributed by atoms with Gasteiger partial charge < -0.3 is 9.80 Å². The maximum atomic E-state index is 13.2. The highest BCUT2D eigenvalue weighted by atomic mass is 79.9. The van der Waals surface area contributed by atoms with Crippen LogP contribution in [0.1, 0.15) is 88.6 Å². The van der Waals surface area contributed by atoms with Crippen molar-refractivity contribution < 1.29 is 4.79 Å². The second kappa shape index (κ2) is 10.1. The molecule has 0 spiro atoms.